The highest BCUT2D eigenvalue weighted by molar-refractivity contribution is 7.92. The molecule has 8 nitrogen and oxygen atoms in total. The van der Waals surface area contributed by atoms with Gasteiger partial charge in [0.15, 0.2) is 0 Å². The lowest BCUT2D eigenvalue weighted by molar-refractivity contribution is -0.141. The average Bonchev–Trinajstić information content (AvgIpc) is 2.87. The van der Waals surface area contributed by atoms with Crippen LogP contribution in [-0.4, -0.2) is 57.1 Å². The number of nitrogens with zero attached hydrogens (tertiary/aromatic N) is 2. The van der Waals surface area contributed by atoms with Gasteiger partial charge in [-0.1, -0.05) is 54.7 Å². The molecule has 1 N–H and O–H groups in total. The van der Waals surface area contributed by atoms with Crippen LogP contribution in [0.4, 0.5) is 5.69 Å². The largest absolute Gasteiger partial charge is 0.495 e. The summed E-state index contributed by atoms with van der Waals surface area (Å²) >= 11 is 19.0. The monoisotopic (exact) mass is 619 g/mol. The maximum Gasteiger partial charge on any atom is 0.243 e. The van der Waals surface area contributed by atoms with E-state index < -0.39 is 16.1 Å². The molecule has 0 saturated heterocycles. The zero-order valence-corrected chi connectivity index (χ0v) is 25.9. The molecule has 0 unspecified atom stereocenters. The second-order valence-corrected chi connectivity index (χ2v) is 12.3. The summed E-state index contributed by atoms with van der Waals surface area (Å²) in [4.78, 5) is 28.2. The van der Waals surface area contributed by atoms with Crippen molar-refractivity contribution in [1.29, 1.82) is 0 Å². The van der Waals surface area contributed by atoms with Gasteiger partial charge in [0.05, 0.1) is 24.1 Å². The molecule has 0 saturated carbocycles. The average molecular weight is 621 g/mol. The number of benzene rings is 2. The van der Waals surface area contributed by atoms with Crippen molar-refractivity contribution in [3.05, 3.63) is 57.0 Å². The zero-order valence-electron chi connectivity index (χ0n) is 22.8. The smallest absolute Gasteiger partial charge is 0.243 e. The van der Waals surface area contributed by atoms with Crippen molar-refractivity contribution in [2.45, 2.75) is 65.1 Å². The van der Waals surface area contributed by atoms with E-state index in [1.807, 2.05) is 20.8 Å². The highest BCUT2D eigenvalue weighted by Gasteiger charge is 2.30. The van der Waals surface area contributed by atoms with Gasteiger partial charge in [-0.2, -0.15) is 0 Å². The molecular formula is C27H36Cl3N3O5S. The number of anilines is 1. The van der Waals surface area contributed by atoms with E-state index in [4.69, 9.17) is 39.5 Å². The van der Waals surface area contributed by atoms with Gasteiger partial charge >= 0.3 is 0 Å². The van der Waals surface area contributed by atoms with Crippen molar-refractivity contribution < 1.29 is 22.7 Å². The Kier molecular flexibility index (Phi) is 12.7. The van der Waals surface area contributed by atoms with E-state index in [-0.39, 0.29) is 48.8 Å². The molecule has 0 spiro atoms. The second-order valence-electron chi connectivity index (χ2n) is 9.22. The fourth-order valence-electron chi connectivity index (χ4n) is 4.03. The van der Waals surface area contributed by atoms with Crippen LogP contribution in [0.25, 0.3) is 0 Å². The van der Waals surface area contributed by atoms with E-state index in [0.29, 0.717) is 33.5 Å². The van der Waals surface area contributed by atoms with Gasteiger partial charge in [-0.25, -0.2) is 8.42 Å². The van der Waals surface area contributed by atoms with Crippen molar-refractivity contribution in [3.63, 3.8) is 0 Å². The number of nitrogens with one attached hydrogen (secondary N) is 1. The normalized spacial score (nSPS) is 12.9. The third kappa shape index (κ3) is 9.17. The van der Waals surface area contributed by atoms with E-state index in [1.165, 1.54) is 22.4 Å². The Balaban J connectivity index is 2.30. The maximum absolute atomic E-state index is 13.6. The first-order valence-electron chi connectivity index (χ1n) is 12.7. The summed E-state index contributed by atoms with van der Waals surface area (Å²) in [7, 11) is -2.21. The Morgan fingerprint density at radius 3 is 2.18 bits per heavy atom. The van der Waals surface area contributed by atoms with Crippen LogP contribution in [0, 0.1) is 0 Å². The van der Waals surface area contributed by atoms with Crippen LogP contribution < -0.4 is 14.4 Å². The van der Waals surface area contributed by atoms with Crippen molar-refractivity contribution in [3.8, 4) is 5.75 Å². The minimum absolute atomic E-state index is 0.00884. The van der Waals surface area contributed by atoms with Crippen LogP contribution in [0.1, 0.15) is 52.0 Å². The number of halogens is 3. The van der Waals surface area contributed by atoms with Crippen LogP contribution in [0.15, 0.2) is 36.4 Å². The summed E-state index contributed by atoms with van der Waals surface area (Å²) < 4.78 is 31.5. The Morgan fingerprint density at radius 1 is 1.03 bits per heavy atom. The number of carbonyl (C=O) groups is 2. The SMILES string of the molecule is CC[C@H](C(=O)N[C@@H](C)CC)N(Cc1c(Cl)cccc1Cl)C(=O)CCCN(c1ccc(OC)c(Cl)c1)S(C)(=O)=O. The third-order valence-electron chi connectivity index (χ3n) is 6.35. The minimum atomic E-state index is -3.67. The topological polar surface area (TPSA) is 96.0 Å². The molecule has 39 heavy (non-hydrogen) atoms. The predicted molar refractivity (Wildman–Crippen MR) is 158 cm³/mol. The van der Waals surface area contributed by atoms with Gasteiger partial charge in [0, 0.05) is 41.2 Å². The van der Waals surface area contributed by atoms with Gasteiger partial charge in [-0.15, -0.1) is 0 Å². The van der Waals surface area contributed by atoms with Crippen molar-refractivity contribution >= 4 is 62.3 Å². The van der Waals surface area contributed by atoms with Gasteiger partial charge in [-0.3, -0.25) is 13.9 Å². The molecule has 2 aromatic carbocycles. The molecule has 0 aromatic heterocycles. The lowest BCUT2D eigenvalue weighted by Gasteiger charge is -2.32. The lowest BCUT2D eigenvalue weighted by atomic mass is 10.1. The number of methoxy groups -OCH3 is 1. The molecule has 0 radical (unpaired) electrons. The molecule has 0 heterocycles. The molecule has 2 aromatic rings. The Morgan fingerprint density at radius 2 is 1.67 bits per heavy atom. The van der Waals surface area contributed by atoms with Crippen LogP contribution in [0.2, 0.25) is 15.1 Å². The second kappa shape index (κ2) is 15.0. The molecule has 0 aliphatic rings. The molecular weight excluding hydrogens is 585 g/mol. The van der Waals surface area contributed by atoms with Gasteiger partial charge in [0.2, 0.25) is 21.8 Å². The number of carbonyl (C=O) groups excluding carboxylic acids is 2. The molecule has 2 atom stereocenters. The van der Waals surface area contributed by atoms with Gasteiger partial charge in [0.1, 0.15) is 11.8 Å². The molecule has 0 aliphatic heterocycles. The van der Waals surface area contributed by atoms with Crippen LogP contribution in [0.5, 0.6) is 5.75 Å². The van der Waals surface area contributed by atoms with Crippen LogP contribution >= 0.6 is 34.8 Å². The molecule has 0 aliphatic carbocycles. The Labute approximate surface area is 246 Å². The van der Waals surface area contributed by atoms with E-state index in [9.17, 15) is 18.0 Å². The molecule has 2 rings (SSSR count). The minimum Gasteiger partial charge on any atom is -0.495 e. The molecule has 0 fully saturated rings. The summed E-state index contributed by atoms with van der Waals surface area (Å²) in [6, 6.07) is 8.91. The van der Waals surface area contributed by atoms with Gasteiger partial charge in [-0.05, 0) is 56.5 Å². The summed E-state index contributed by atoms with van der Waals surface area (Å²) in [5.74, 6) is -0.174. The number of amides is 2. The summed E-state index contributed by atoms with van der Waals surface area (Å²) in [5, 5.41) is 3.99. The highest BCUT2D eigenvalue weighted by atomic mass is 35.5. The first-order valence-corrected chi connectivity index (χ1v) is 15.7. The lowest BCUT2D eigenvalue weighted by Crippen LogP contribution is -2.50. The zero-order chi connectivity index (χ0) is 29.3. The van der Waals surface area contributed by atoms with E-state index in [1.54, 1.807) is 30.3 Å². The first-order chi connectivity index (χ1) is 18.3. The molecule has 12 heteroatoms. The fourth-order valence-corrected chi connectivity index (χ4v) is 5.75. The van der Waals surface area contributed by atoms with Crippen molar-refractivity contribution in [2.75, 3.05) is 24.2 Å². The van der Waals surface area contributed by atoms with Gasteiger partial charge < -0.3 is 15.0 Å². The maximum atomic E-state index is 13.6. The number of hydrogen-bond acceptors (Lipinski definition) is 5. The van der Waals surface area contributed by atoms with Gasteiger partial charge in [0.25, 0.3) is 0 Å². The number of hydrogen-bond donors (Lipinski definition) is 1. The van der Waals surface area contributed by atoms with Crippen LogP contribution in [0.3, 0.4) is 0 Å². The quantitative estimate of drug-likeness (QED) is 0.283. The van der Waals surface area contributed by atoms with Crippen molar-refractivity contribution in [2.24, 2.45) is 0 Å². The van der Waals surface area contributed by atoms with E-state index in [0.717, 1.165) is 12.7 Å². The molecule has 2 amide bonds. The first kappa shape index (κ1) is 33.0. The predicted octanol–water partition coefficient (Wildman–Crippen LogP) is 5.92. The van der Waals surface area contributed by atoms with E-state index in [2.05, 4.69) is 5.32 Å². The summed E-state index contributed by atoms with van der Waals surface area (Å²) in [6.45, 7) is 5.75. The number of sulfonamides is 1. The van der Waals surface area contributed by atoms with Crippen molar-refractivity contribution in [1.82, 2.24) is 10.2 Å². The van der Waals surface area contributed by atoms with Crippen LogP contribution in [-0.2, 0) is 26.2 Å². The highest BCUT2D eigenvalue weighted by Crippen LogP contribution is 2.31. The Bertz CT molecular complexity index is 1240. The number of ether oxygens (including phenoxy) is 1. The fraction of sp³-hybridized carbons (Fsp3) is 0.481. The molecule has 0 bridgehead atoms. The molecule has 216 valence electrons. The third-order valence-corrected chi connectivity index (χ3v) is 8.55. The summed E-state index contributed by atoms with van der Waals surface area (Å²) in [5.41, 5.74) is 0.893. The summed E-state index contributed by atoms with van der Waals surface area (Å²) in [6.07, 6.45) is 2.39. The number of rotatable bonds is 14. The van der Waals surface area contributed by atoms with E-state index >= 15 is 0 Å². The Hall–Kier alpha value is -2.20. The standard InChI is InChI=1S/C27H36Cl3N3O5S/c1-6-18(3)31-27(35)24(7-2)32(17-20-21(28)10-8-11-22(20)29)26(34)12-9-15-33(39(5,36)37)19-13-14-25(38-4)23(30)16-19/h8,10-11,13-14,16,18,24H,6-7,9,12,15,17H2,1-5H3,(H,31,35)/t18-,24+/m0/s1.